The van der Waals surface area contributed by atoms with Crippen LogP contribution in [0.1, 0.15) is 44.1 Å². The fourth-order valence-electron chi connectivity index (χ4n) is 2.76. The topological polar surface area (TPSA) is 17.8 Å². The standard InChI is InChI=1S/C13H21BrN2/c1-16-10-12(9-15-16)5-8-13(11-14)6-3-2-4-7-13/h9-10H,2-8,11H2,1H3. The first-order chi connectivity index (χ1) is 7.74. The molecule has 2 nitrogen and oxygen atoms in total. The van der Waals surface area contributed by atoms with E-state index in [1.165, 1.54) is 55.8 Å². The third-order valence-electron chi connectivity index (χ3n) is 3.90. The zero-order valence-electron chi connectivity index (χ0n) is 10.1. The monoisotopic (exact) mass is 284 g/mol. The first kappa shape index (κ1) is 12.2. The summed E-state index contributed by atoms with van der Waals surface area (Å²) >= 11 is 3.73. The predicted molar refractivity (Wildman–Crippen MR) is 70.8 cm³/mol. The van der Waals surface area contributed by atoms with Crippen molar-refractivity contribution in [3.8, 4) is 0 Å². The van der Waals surface area contributed by atoms with Gasteiger partial charge in [-0.15, -0.1) is 0 Å². The van der Waals surface area contributed by atoms with Crippen molar-refractivity contribution < 1.29 is 0 Å². The van der Waals surface area contributed by atoms with Crippen LogP contribution in [0, 0.1) is 5.41 Å². The van der Waals surface area contributed by atoms with Gasteiger partial charge in [0, 0.05) is 18.6 Å². The van der Waals surface area contributed by atoms with Crippen LogP contribution in [-0.4, -0.2) is 15.1 Å². The minimum atomic E-state index is 0.564. The van der Waals surface area contributed by atoms with Gasteiger partial charge >= 0.3 is 0 Å². The Morgan fingerprint density at radius 1 is 1.38 bits per heavy atom. The molecule has 0 radical (unpaired) electrons. The summed E-state index contributed by atoms with van der Waals surface area (Å²) < 4.78 is 1.90. The zero-order chi connectivity index (χ0) is 11.4. The molecule has 16 heavy (non-hydrogen) atoms. The van der Waals surface area contributed by atoms with Crippen LogP contribution in [0.5, 0.6) is 0 Å². The van der Waals surface area contributed by atoms with E-state index in [4.69, 9.17) is 0 Å². The molecule has 3 heteroatoms. The Labute approximate surface area is 107 Å². The average molecular weight is 285 g/mol. The molecule has 1 aromatic heterocycles. The van der Waals surface area contributed by atoms with Crippen molar-refractivity contribution in [2.75, 3.05) is 5.33 Å². The molecule has 2 rings (SSSR count). The minimum absolute atomic E-state index is 0.564. The highest BCUT2D eigenvalue weighted by molar-refractivity contribution is 9.09. The second-order valence-corrected chi connectivity index (χ2v) is 5.78. The Morgan fingerprint density at radius 2 is 2.12 bits per heavy atom. The van der Waals surface area contributed by atoms with Crippen molar-refractivity contribution in [2.45, 2.75) is 44.9 Å². The smallest absolute Gasteiger partial charge is 0.0521 e. The first-order valence-electron chi connectivity index (χ1n) is 6.28. The van der Waals surface area contributed by atoms with Gasteiger partial charge in [-0.1, -0.05) is 35.2 Å². The fraction of sp³-hybridized carbons (Fsp3) is 0.769. The highest BCUT2D eigenvalue weighted by Gasteiger charge is 2.30. The molecule has 1 aromatic rings. The summed E-state index contributed by atoms with van der Waals surface area (Å²) in [5.41, 5.74) is 1.95. The highest BCUT2D eigenvalue weighted by atomic mass is 79.9. The number of hydrogen-bond acceptors (Lipinski definition) is 1. The lowest BCUT2D eigenvalue weighted by molar-refractivity contribution is 0.208. The van der Waals surface area contributed by atoms with Gasteiger partial charge in [-0.25, -0.2) is 0 Å². The van der Waals surface area contributed by atoms with E-state index < -0.39 is 0 Å². The van der Waals surface area contributed by atoms with Crippen molar-refractivity contribution in [3.63, 3.8) is 0 Å². The molecule has 1 fully saturated rings. The zero-order valence-corrected chi connectivity index (χ0v) is 11.7. The summed E-state index contributed by atoms with van der Waals surface area (Å²) in [5.74, 6) is 0. The maximum absolute atomic E-state index is 4.23. The van der Waals surface area contributed by atoms with Crippen LogP contribution in [0.25, 0.3) is 0 Å². The van der Waals surface area contributed by atoms with Crippen LogP contribution in [0.2, 0.25) is 0 Å². The van der Waals surface area contributed by atoms with E-state index in [9.17, 15) is 0 Å². The third-order valence-corrected chi connectivity index (χ3v) is 5.09. The number of nitrogens with zero attached hydrogens (tertiary/aromatic N) is 2. The minimum Gasteiger partial charge on any atom is -0.276 e. The molecule has 90 valence electrons. The molecule has 0 N–H and O–H groups in total. The number of halogens is 1. The SMILES string of the molecule is Cn1cc(CCC2(CBr)CCCCC2)cn1. The summed E-state index contributed by atoms with van der Waals surface area (Å²) in [7, 11) is 1.99. The number of aromatic nitrogens is 2. The molecule has 1 aliphatic carbocycles. The fourth-order valence-corrected chi connectivity index (χ4v) is 3.60. The number of rotatable bonds is 4. The largest absolute Gasteiger partial charge is 0.276 e. The van der Waals surface area contributed by atoms with Crippen LogP contribution in [0.3, 0.4) is 0 Å². The number of alkyl halides is 1. The van der Waals surface area contributed by atoms with Crippen LogP contribution in [0.4, 0.5) is 0 Å². The van der Waals surface area contributed by atoms with Gasteiger partial charge in [0.05, 0.1) is 6.20 Å². The van der Waals surface area contributed by atoms with Crippen molar-refractivity contribution >= 4 is 15.9 Å². The molecule has 0 spiro atoms. The van der Waals surface area contributed by atoms with Gasteiger partial charge in [0.15, 0.2) is 0 Å². The van der Waals surface area contributed by atoms with Crippen LogP contribution < -0.4 is 0 Å². The molecule has 1 heterocycles. The van der Waals surface area contributed by atoms with E-state index in [0.717, 1.165) is 0 Å². The second-order valence-electron chi connectivity index (χ2n) is 5.22. The lowest BCUT2D eigenvalue weighted by Crippen LogP contribution is -2.26. The third kappa shape index (κ3) is 2.88. The molecular formula is C13H21BrN2. The summed E-state index contributed by atoms with van der Waals surface area (Å²) in [6.07, 6.45) is 13.7. The van der Waals surface area contributed by atoms with Crippen LogP contribution in [-0.2, 0) is 13.5 Å². The molecule has 1 saturated carbocycles. The van der Waals surface area contributed by atoms with Gasteiger partial charge < -0.3 is 0 Å². The number of aryl methyl sites for hydroxylation is 2. The maximum atomic E-state index is 4.23. The highest BCUT2D eigenvalue weighted by Crippen LogP contribution is 2.41. The molecule has 0 aromatic carbocycles. The van der Waals surface area contributed by atoms with Gasteiger partial charge in [-0.2, -0.15) is 5.10 Å². The molecular weight excluding hydrogens is 264 g/mol. The Hall–Kier alpha value is -0.310. The maximum Gasteiger partial charge on any atom is 0.0521 e. The van der Waals surface area contributed by atoms with E-state index in [0.29, 0.717) is 5.41 Å². The summed E-state index contributed by atoms with van der Waals surface area (Å²) in [6.45, 7) is 0. The average Bonchev–Trinajstić information content (AvgIpc) is 2.74. The molecule has 0 amide bonds. The van der Waals surface area contributed by atoms with E-state index in [2.05, 4.69) is 27.2 Å². The molecule has 0 atom stereocenters. The Kier molecular flexibility index (Phi) is 4.06. The van der Waals surface area contributed by atoms with Gasteiger partial charge in [0.2, 0.25) is 0 Å². The van der Waals surface area contributed by atoms with Gasteiger partial charge in [0.1, 0.15) is 0 Å². The summed E-state index contributed by atoms with van der Waals surface area (Å²) in [4.78, 5) is 0. The Bertz CT molecular complexity index is 326. The van der Waals surface area contributed by atoms with E-state index >= 15 is 0 Å². The van der Waals surface area contributed by atoms with Crippen molar-refractivity contribution in [1.82, 2.24) is 9.78 Å². The summed E-state index contributed by atoms with van der Waals surface area (Å²) in [6, 6.07) is 0. The Morgan fingerprint density at radius 3 is 2.69 bits per heavy atom. The van der Waals surface area contributed by atoms with Crippen molar-refractivity contribution in [1.29, 1.82) is 0 Å². The Balaban J connectivity index is 1.91. The lowest BCUT2D eigenvalue weighted by atomic mass is 9.72. The van der Waals surface area contributed by atoms with Crippen molar-refractivity contribution in [3.05, 3.63) is 18.0 Å². The quantitative estimate of drug-likeness (QED) is 0.771. The molecule has 0 aliphatic heterocycles. The van der Waals surface area contributed by atoms with E-state index in [1.54, 1.807) is 0 Å². The van der Waals surface area contributed by atoms with Crippen molar-refractivity contribution in [2.24, 2.45) is 12.5 Å². The van der Waals surface area contributed by atoms with Crippen LogP contribution in [0.15, 0.2) is 12.4 Å². The van der Waals surface area contributed by atoms with E-state index in [1.807, 2.05) is 17.9 Å². The summed E-state index contributed by atoms with van der Waals surface area (Å²) in [5, 5.41) is 5.40. The number of hydrogen-bond donors (Lipinski definition) is 0. The van der Waals surface area contributed by atoms with E-state index in [-0.39, 0.29) is 0 Å². The van der Waals surface area contributed by atoms with Gasteiger partial charge in [0.25, 0.3) is 0 Å². The molecule has 0 saturated heterocycles. The normalized spacial score (nSPS) is 19.9. The van der Waals surface area contributed by atoms with Gasteiger partial charge in [-0.05, 0) is 36.7 Å². The molecule has 0 unspecified atom stereocenters. The molecule has 0 bridgehead atoms. The first-order valence-corrected chi connectivity index (χ1v) is 7.40. The second kappa shape index (κ2) is 5.35. The van der Waals surface area contributed by atoms with Crippen LogP contribution >= 0.6 is 15.9 Å². The predicted octanol–water partition coefficient (Wildman–Crippen LogP) is 3.70. The van der Waals surface area contributed by atoms with Gasteiger partial charge in [-0.3, -0.25) is 4.68 Å². The molecule has 1 aliphatic rings. The lowest BCUT2D eigenvalue weighted by Gasteiger charge is -2.35.